The second-order valence-electron chi connectivity index (χ2n) is 2.88. The number of halogens is 3. The number of likely N-dealkylation sites (N-methyl/N-ethyl adjacent to an activating group) is 2. The minimum Gasteiger partial charge on any atom is -0.357 e. The second kappa shape index (κ2) is 2.77. The van der Waals surface area contributed by atoms with E-state index in [0.29, 0.717) is 4.90 Å². The summed E-state index contributed by atoms with van der Waals surface area (Å²) in [6, 6.07) is -1.04. The fraction of sp³-hybridized carbons (Fsp3) is 0.667. The standard InChI is InChI=1S/C6H7ClF2N2O3/c1-10-3(12)5(14,6(7,8)9)11(2)4(10)13/h14H,1-2H3. The Balaban J connectivity index is 3.25. The first-order valence-corrected chi connectivity index (χ1v) is 3.87. The van der Waals surface area contributed by atoms with E-state index in [1.165, 1.54) is 0 Å². The molecule has 1 rings (SSSR count). The summed E-state index contributed by atoms with van der Waals surface area (Å²) in [7, 11) is 1.84. The van der Waals surface area contributed by atoms with Crippen molar-refractivity contribution in [1.29, 1.82) is 0 Å². The molecule has 0 bridgehead atoms. The third-order valence-electron chi connectivity index (χ3n) is 2.06. The van der Waals surface area contributed by atoms with E-state index in [2.05, 4.69) is 11.6 Å². The zero-order valence-electron chi connectivity index (χ0n) is 7.29. The fourth-order valence-corrected chi connectivity index (χ4v) is 1.35. The van der Waals surface area contributed by atoms with Crippen molar-refractivity contribution in [2.24, 2.45) is 0 Å². The zero-order chi connectivity index (χ0) is 11.3. The lowest BCUT2D eigenvalue weighted by Crippen LogP contribution is -2.58. The van der Waals surface area contributed by atoms with Crippen molar-refractivity contribution in [2.75, 3.05) is 14.1 Å². The minimum atomic E-state index is -4.24. The van der Waals surface area contributed by atoms with Gasteiger partial charge in [0.05, 0.1) is 0 Å². The molecule has 80 valence electrons. The number of hydrogen-bond acceptors (Lipinski definition) is 3. The summed E-state index contributed by atoms with van der Waals surface area (Å²) in [4.78, 5) is 22.8. The maximum atomic E-state index is 12.7. The molecule has 0 aromatic heterocycles. The van der Waals surface area contributed by atoms with Crippen LogP contribution < -0.4 is 0 Å². The molecule has 1 N–H and O–H groups in total. The van der Waals surface area contributed by atoms with Crippen LogP contribution in [0.4, 0.5) is 13.6 Å². The molecular formula is C6H7ClF2N2O3. The van der Waals surface area contributed by atoms with Gasteiger partial charge in [0.15, 0.2) is 0 Å². The molecule has 0 aromatic carbocycles. The van der Waals surface area contributed by atoms with Gasteiger partial charge in [-0.15, -0.1) is 0 Å². The number of urea groups is 1. The highest BCUT2D eigenvalue weighted by atomic mass is 35.5. The summed E-state index contributed by atoms with van der Waals surface area (Å²) in [5, 5.41) is 5.10. The third-order valence-corrected chi connectivity index (χ3v) is 2.32. The zero-order valence-corrected chi connectivity index (χ0v) is 8.05. The molecule has 3 amide bonds. The van der Waals surface area contributed by atoms with Crippen molar-refractivity contribution in [3.63, 3.8) is 0 Å². The van der Waals surface area contributed by atoms with Crippen LogP contribution in [0.1, 0.15) is 0 Å². The maximum absolute atomic E-state index is 12.7. The molecule has 0 radical (unpaired) electrons. The Labute approximate surface area is 82.8 Å². The Morgan fingerprint density at radius 2 is 1.86 bits per heavy atom. The number of hydrogen-bond donors (Lipinski definition) is 1. The van der Waals surface area contributed by atoms with Crippen LogP contribution in [0, 0.1) is 0 Å². The quantitative estimate of drug-likeness (QED) is 0.509. The number of nitrogens with zero attached hydrogens (tertiary/aromatic N) is 2. The third kappa shape index (κ3) is 1.09. The van der Waals surface area contributed by atoms with Crippen molar-refractivity contribution < 1.29 is 23.5 Å². The number of imide groups is 1. The molecule has 1 atom stereocenters. The molecule has 8 heteroatoms. The predicted molar refractivity (Wildman–Crippen MR) is 41.7 cm³/mol. The van der Waals surface area contributed by atoms with Crippen molar-refractivity contribution in [1.82, 2.24) is 9.80 Å². The van der Waals surface area contributed by atoms with Crippen LogP contribution in [0.2, 0.25) is 0 Å². The molecule has 1 aliphatic rings. The van der Waals surface area contributed by atoms with E-state index in [1.807, 2.05) is 0 Å². The predicted octanol–water partition coefficient (Wildman–Crippen LogP) is 0.0304. The maximum Gasteiger partial charge on any atom is 0.378 e. The molecule has 1 aliphatic heterocycles. The molecule has 0 saturated carbocycles. The number of amides is 3. The number of alkyl halides is 3. The number of carbonyl (C=O) groups excluding carboxylic acids is 2. The molecule has 5 nitrogen and oxygen atoms in total. The SMILES string of the molecule is CN1C(=O)N(C)C(O)(C(F)(F)Cl)C1=O. The van der Waals surface area contributed by atoms with Gasteiger partial charge in [0.25, 0.3) is 5.91 Å². The lowest BCUT2D eigenvalue weighted by Gasteiger charge is -2.29. The van der Waals surface area contributed by atoms with Crippen molar-refractivity contribution >= 4 is 23.5 Å². The molecule has 0 spiro atoms. The Bertz CT molecular complexity index is 306. The normalized spacial score (nSPS) is 29.0. The Hall–Kier alpha value is -0.950. The first-order valence-electron chi connectivity index (χ1n) is 3.49. The molecule has 1 saturated heterocycles. The Kier molecular flexibility index (Phi) is 2.20. The van der Waals surface area contributed by atoms with Gasteiger partial charge in [-0.1, -0.05) is 0 Å². The summed E-state index contributed by atoms with van der Waals surface area (Å²) in [6.07, 6.45) is 0. The van der Waals surface area contributed by atoms with E-state index in [9.17, 15) is 23.5 Å². The van der Waals surface area contributed by atoms with Gasteiger partial charge in [0.2, 0.25) is 0 Å². The smallest absolute Gasteiger partial charge is 0.357 e. The van der Waals surface area contributed by atoms with E-state index >= 15 is 0 Å². The summed E-state index contributed by atoms with van der Waals surface area (Å²) in [6.45, 7) is 0. The largest absolute Gasteiger partial charge is 0.378 e. The number of aliphatic hydroxyl groups is 1. The highest BCUT2D eigenvalue weighted by molar-refractivity contribution is 6.26. The van der Waals surface area contributed by atoms with Crippen molar-refractivity contribution in [3.05, 3.63) is 0 Å². The molecule has 1 fully saturated rings. The number of rotatable bonds is 1. The molecule has 0 aromatic rings. The lowest BCUT2D eigenvalue weighted by molar-refractivity contribution is -0.191. The van der Waals surface area contributed by atoms with E-state index in [4.69, 9.17) is 0 Å². The average Bonchev–Trinajstić information content (AvgIpc) is 2.21. The van der Waals surface area contributed by atoms with Gasteiger partial charge in [0.1, 0.15) is 0 Å². The van der Waals surface area contributed by atoms with Crippen LogP contribution in [0.25, 0.3) is 0 Å². The Morgan fingerprint density at radius 3 is 2.00 bits per heavy atom. The van der Waals surface area contributed by atoms with Crippen LogP contribution in [-0.4, -0.2) is 52.0 Å². The topological polar surface area (TPSA) is 60.9 Å². The first-order chi connectivity index (χ1) is 6.14. The summed E-state index contributed by atoms with van der Waals surface area (Å²) in [5.41, 5.74) is -3.31. The molecule has 1 heterocycles. The summed E-state index contributed by atoms with van der Waals surface area (Å²) in [5.74, 6) is -1.45. The van der Waals surface area contributed by atoms with Gasteiger partial charge in [0, 0.05) is 14.1 Å². The van der Waals surface area contributed by atoms with Crippen molar-refractivity contribution in [2.45, 2.75) is 11.1 Å². The van der Waals surface area contributed by atoms with Gasteiger partial charge >= 0.3 is 17.1 Å². The number of carbonyl (C=O) groups is 2. The van der Waals surface area contributed by atoms with Gasteiger partial charge in [-0.2, -0.15) is 8.78 Å². The Morgan fingerprint density at radius 1 is 1.43 bits per heavy atom. The van der Waals surface area contributed by atoms with Crippen LogP contribution in [0.3, 0.4) is 0 Å². The van der Waals surface area contributed by atoms with Gasteiger partial charge in [-0.05, 0) is 11.6 Å². The minimum absolute atomic E-state index is 0.197. The summed E-state index contributed by atoms with van der Waals surface area (Å²) >= 11 is 4.58. The molecule has 0 aliphatic carbocycles. The average molecular weight is 229 g/mol. The van der Waals surface area contributed by atoms with E-state index in [-0.39, 0.29) is 4.90 Å². The first kappa shape index (κ1) is 11.1. The van der Waals surface area contributed by atoms with Crippen molar-refractivity contribution in [3.8, 4) is 0 Å². The van der Waals surface area contributed by atoms with Gasteiger partial charge in [-0.3, -0.25) is 14.6 Å². The van der Waals surface area contributed by atoms with Crippen LogP contribution in [0.5, 0.6) is 0 Å². The molecular weight excluding hydrogens is 222 g/mol. The monoisotopic (exact) mass is 228 g/mol. The van der Waals surface area contributed by atoms with E-state index in [0.717, 1.165) is 14.1 Å². The highest BCUT2D eigenvalue weighted by Crippen LogP contribution is 2.39. The van der Waals surface area contributed by atoms with Gasteiger partial charge < -0.3 is 5.11 Å². The molecule has 1 unspecified atom stereocenters. The second-order valence-corrected chi connectivity index (χ2v) is 3.35. The van der Waals surface area contributed by atoms with E-state index < -0.39 is 23.0 Å². The highest BCUT2D eigenvalue weighted by Gasteiger charge is 2.68. The van der Waals surface area contributed by atoms with Gasteiger partial charge in [-0.25, -0.2) is 4.79 Å². The fourth-order valence-electron chi connectivity index (χ4n) is 1.14. The van der Waals surface area contributed by atoms with E-state index in [1.54, 1.807) is 0 Å². The van der Waals surface area contributed by atoms with Crippen LogP contribution in [0.15, 0.2) is 0 Å². The summed E-state index contributed by atoms with van der Waals surface area (Å²) < 4.78 is 25.5. The van der Waals surface area contributed by atoms with Crippen LogP contribution in [-0.2, 0) is 4.79 Å². The van der Waals surface area contributed by atoms with Crippen LogP contribution >= 0.6 is 11.6 Å². The molecule has 14 heavy (non-hydrogen) atoms. The lowest BCUT2D eigenvalue weighted by atomic mass is 10.2.